The molecule has 0 aliphatic heterocycles. The minimum absolute atomic E-state index is 0.147. The second kappa shape index (κ2) is 7.00. The van der Waals surface area contributed by atoms with Crippen molar-refractivity contribution in [2.45, 2.75) is 25.8 Å². The van der Waals surface area contributed by atoms with Gasteiger partial charge < -0.3 is 11.1 Å². The fraction of sp³-hybridized carbons (Fsp3) is 0.250. The minimum atomic E-state index is -0.252. The molecular formula is C16H17BrN2OS. The van der Waals surface area contributed by atoms with Gasteiger partial charge >= 0.3 is 0 Å². The van der Waals surface area contributed by atoms with E-state index in [9.17, 15) is 4.79 Å². The summed E-state index contributed by atoms with van der Waals surface area (Å²) in [5.74, 6) is -0.147. The van der Waals surface area contributed by atoms with Crippen LogP contribution in [0.4, 0.5) is 0 Å². The molecule has 3 nitrogen and oxygen atoms in total. The molecule has 2 rings (SSSR count). The van der Waals surface area contributed by atoms with Crippen LogP contribution in [0.2, 0.25) is 0 Å². The highest BCUT2D eigenvalue weighted by atomic mass is 79.9. The van der Waals surface area contributed by atoms with Gasteiger partial charge in [-0.25, -0.2) is 0 Å². The number of thiocarbonyl (C=S) groups is 1. The first-order valence-corrected chi connectivity index (χ1v) is 8.01. The number of carbonyl (C=O) groups is 1. The average molecular weight is 365 g/mol. The van der Waals surface area contributed by atoms with Crippen molar-refractivity contribution in [3.63, 3.8) is 0 Å². The summed E-state index contributed by atoms with van der Waals surface area (Å²) >= 11 is 8.44. The lowest BCUT2D eigenvalue weighted by atomic mass is 10.1. The van der Waals surface area contributed by atoms with E-state index in [1.807, 2.05) is 43.3 Å². The van der Waals surface area contributed by atoms with E-state index < -0.39 is 0 Å². The largest absolute Gasteiger partial charge is 0.392 e. The molecule has 0 aromatic heterocycles. The van der Waals surface area contributed by atoms with Gasteiger partial charge in [0.25, 0.3) is 5.91 Å². The van der Waals surface area contributed by atoms with Crippen molar-refractivity contribution in [2.24, 2.45) is 5.73 Å². The molecule has 5 heteroatoms. The van der Waals surface area contributed by atoms with Crippen molar-refractivity contribution in [1.29, 1.82) is 0 Å². The Labute approximate surface area is 138 Å². The van der Waals surface area contributed by atoms with Crippen molar-refractivity contribution < 1.29 is 4.79 Å². The second-order valence-electron chi connectivity index (χ2n) is 4.92. The number of nitrogens with two attached hydrogens (primary N) is 1. The monoisotopic (exact) mass is 364 g/mol. The Morgan fingerprint density at radius 2 is 1.95 bits per heavy atom. The van der Waals surface area contributed by atoms with Crippen LogP contribution in [0.25, 0.3) is 10.8 Å². The molecule has 0 bridgehead atoms. The fourth-order valence-electron chi connectivity index (χ4n) is 2.17. The van der Waals surface area contributed by atoms with Gasteiger partial charge in [0.05, 0.1) is 11.0 Å². The molecular weight excluding hydrogens is 348 g/mol. The highest BCUT2D eigenvalue weighted by molar-refractivity contribution is 9.10. The zero-order chi connectivity index (χ0) is 15.4. The Morgan fingerprint density at radius 3 is 2.62 bits per heavy atom. The molecule has 0 heterocycles. The van der Waals surface area contributed by atoms with Gasteiger partial charge in [0.2, 0.25) is 0 Å². The second-order valence-corrected chi connectivity index (χ2v) is 6.31. The van der Waals surface area contributed by atoms with E-state index in [1.54, 1.807) is 0 Å². The van der Waals surface area contributed by atoms with Crippen molar-refractivity contribution in [2.75, 3.05) is 0 Å². The maximum Gasteiger partial charge on any atom is 0.251 e. The van der Waals surface area contributed by atoms with Gasteiger partial charge in [0.15, 0.2) is 0 Å². The number of amides is 1. The lowest BCUT2D eigenvalue weighted by molar-refractivity contribution is 0.0946. The van der Waals surface area contributed by atoms with Gasteiger partial charge in [-0.2, -0.15) is 0 Å². The molecule has 0 saturated carbocycles. The van der Waals surface area contributed by atoms with Gasteiger partial charge in [0, 0.05) is 10.0 Å². The predicted molar refractivity (Wildman–Crippen MR) is 94.6 cm³/mol. The molecule has 1 atom stereocenters. The summed E-state index contributed by atoms with van der Waals surface area (Å²) in [6.45, 7) is 2.03. The number of halogens is 1. The number of nitrogens with one attached hydrogen (secondary N) is 1. The lowest BCUT2D eigenvalue weighted by Gasteiger charge is -2.16. The molecule has 21 heavy (non-hydrogen) atoms. The zero-order valence-corrected chi connectivity index (χ0v) is 14.1. The van der Waals surface area contributed by atoms with E-state index in [-0.39, 0.29) is 11.9 Å². The summed E-state index contributed by atoms with van der Waals surface area (Å²) in [6.07, 6.45) is 1.66. The molecule has 0 spiro atoms. The molecule has 0 fully saturated rings. The first-order valence-electron chi connectivity index (χ1n) is 6.80. The maximum absolute atomic E-state index is 12.3. The third kappa shape index (κ3) is 4.02. The Kier molecular flexibility index (Phi) is 5.31. The van der Waals surface area contributed by atoms with E-state index in [0.717, 1.165) is 28.1 Å². The number of hydrogen-bond acceptors (Lipinski definition) is 2. The van der Waals surface area contributed by atoms with Crippen LogP contribution in [0.5, 0.6) is 0 Å². The van der Waals surface area contributed by atoms with E-state index in [0.29, 0.717) is 10.6 Å². The summed E-state index contributed by atoms with van der Waals surface area (Å²) in [4.78, 5) is 12.6. The SMILES string of the molecule is CCCC(NC(=O)c1ccc2cc(Br)ccc2c1)C(N)=S. The summed E-state index contributed by atoms with van der Waals surface area (Å²) in [6, 6.07) is 11.3. The van der Waals surface area contributed by atoms with Crippen LogP contribution in [-0.4, -0.2) is 16.9 Å². The van der Waals surface area contributed by atoms with E-state index in [2.05, 4.69) is 21.2 Å². The van der Waals surface area contributed by atoms with E-state index in [4.69, 9.17) is 18.0 Å². The standard InChI is InChI=1S/C16H17BrN2OS/c1-2-3-14(15(18)21)19-16(20)12-5-4-11-9-13(17)7-6-10(11)8-12/h4-9,14H,2-3H2,1H3,(H2,18,21)(H,19,20). The van der Waals surface area contributed by atoms with Crippen molar-refractivity contribution >= 4 is 49.8 Å². The molecule has 0 aliphatic rings. The topological polar surface area (TPSA) is 55.1 Å². The van der Waals surface area contributed by atoms with E-state index in [1.165, 1.54) is 0 Å². The number of carbonyl (C=O) groups excluding carboxylic acids is 1. The minimum Gasteiger partial charge on any atom is -0.392 e. The number of rotatable bonds is 5. The smallest absolute Gasteiger partial charge is 0.251 e. The molecule has 0 saturated heterocycles. The van der Waals surface area contributed by atoms with Crippen molar-refractivity contribution in [3.8, 4) is 0 Å². The average Bonchev–Trinajstić information content (AvgIpc) is 2.45. The first-order chi connectivity index (χ1) is 10.0. The first kappa shape index (κ1) is 15.9. The summed E-state index contributed by atoms with van der Waals surface area (Å²) in [5, 5.41) is 5.00. The Hall–Kier alpha value is -1.46. The van der Waals surface area contributed by atoms with Crippen LogP contribution < -0.4 is 11.1 Å². The third-order valence-electron chi connectivity index (χ3n) is 3.29. The Morgan fingerprint density at radius 1 is 1.29 bits per heavy atom. The molecule has 3 N–H and O–H groups in total. The molecule has 0 radical (unpaired) electrons. The molecule has 1 amide bonds. The molecule has 2 aromatic carbocycles. The normalized spacial score (nSPS) is 12.1. The van der Waals surface area contributed by atoms with Crippen LogP contribution in [0, 0.1) is 0 Å². The van der Waals surface area contributed by atoms with E-state index >= 15 is 0 Å². The highest BCUT2D eigenvalue weighted by Gasteiger charge is 2.15. The molecule has 1 unspecified atom stereocenters. The number of fused-ring (bicyclic) bond motifs is 1. The van der Waals surface area contributed by atoms with Crippen LogP contribution in [0.15, 0.2) is 40.9 Å². The maximum atomic E-state index is 12.3. The van der Waals surface area contributed by atoms with Crippen LogP contribution in [0.1, 0.15) is 30.1 Å². The number of benzene rings is 2. The van der Waals surface area contributed by atoms with Gasteiger partial charge in [0.1, 0.15) is 0 Å². The van der Waals surface area contributed by atoms with Crippen molar-refractivity contribution in [3.05, 3.63) is 46.4 Å². The summed E-state index contributed by atoms with van der Waals surface area (Å²) < 4.78 is 1.02. The van der Waals surface area contributed by atoms with Crippen molar-refractivity contribution in [1.82, 2.24) is 5.32 Å². The summed E-state index contributed by atoms with van der Waals surface area (Å²) in [5.41, 5.74) is 6.28. The summed E-state index contributed by atoms with van der Waals surface area (Å²) in [7, 11) is 0. The quantitative estimate of drug-likeness (QED) is 0.793. The molecule has 110 valence electrons. The van der Waals surface area contributed by atoms with Crippen LogP contribution in [0.3, 0.4) is 0 Å². The van der Waals surface area contributed by atoms with Gasteiger partial charge in [-0.05, 0) is 41.5 Å². The fourth-order valence-corrected chi connectivity index (χ4v) is 2.73. The van der Waals surface area contributed by atoms with Gasteiger partial charge in [-0.3, -0.25) is 4.79 Å². The molecule has 2 aromatic rings. The molecule has 0 aliphatic carbocycles. The Balaban J connectivity index is 2.22. The highest BCUT2D eigenvalue weighted by Crippen LogP contribution is 2.21. The zero-order valence-electron chi connectivity index (χ0n) is 11.7. The number of hydrogen-bond donors (Lipinski definition) is 2. The van der Waals surface area contributed by atoms with Gasteiger partial charge in [-0.15, -0.1) is 0 Å². The lowest BCUT2D eigenvalue weighted by Crippen LogP contribution is -2.43. The predicted octanol–water partition coefficient (Wildman–Crippen LogP) is 3.79. The van der Waals surface area contributed by atoms with Crippen LogP contribution >= 0.6 is 28.1 Å². The van der Waals surface area contributed by atoms with Crippen LogP contribution in [-0.2, 0) is 0 Å². The Bertz CT molecular complexity index is 687. The third-order valence-corrected chi connectivity index (χ3v) is 4.07. The van der Waals surface area contributed by atoms with Gasteiger partial charge in [-0.1, -0.05) is 53.6 Å².